The number of hydrogen-bond donors (Lipinski definition) is 1. The minimum Gasteiger partial charge on any atom is -0.493 e. The normalized spacial score (nSPS) is 12.8. The van der Waals surface area contributed by atoms with Gasteiger partial charge in [0, 0.05) is 36.9 Å². The Hall–Kier alpha value is -3.68. The maximum atomic E-state index is 12.1. The van der Waals surface area contributed by atoms with Crippen molar-refractivity contribution in [1.29, 1.82) is 0 Å². The van der Waals surface area contributed by atoms with Crippen molar-refractivity contribution in [3.05, 3.63) is 59.4 Å². The third-order valence-electron chi connectivity index (χ3n) is 4.66. The van der Waals surface area contributed by atoms with E-state index in [9.17, 15) is 19.2 Å². The molecule has 8 nitrogen and oxygen atoms in total. The average Bonchev–Trinajstić information content (AvgIpc) is 3.10. The molecule has 1 aromatic carbocycles. The summed E-state index contributed by atoms with van der Waals surface area (Å²) in [4.78, 5) is 47.5. The first-order valence-electron chi connectivity index (χ1n) is 9.47. The van der Waals surface area contributed by atoms with E-state index < -0.39 is 17.5 Å². The third-order valence-corrected chi connectivity index (χ3v) is 4.66. The van der Waals surface area contributed by atoms with Crippen molar-refractivity contribution < 1.29 is 28.7 Å². The van der Waals surface area contributed by atoms with E-state index in [1.807, 2.05) is 0 Å². The van der Waals surface area contributed by atoms with E-state index in [1.54, 1.807) is 48.1 Å². The van der Waals surface area contributed by atoms with Crippen LogP contribution in [0.3, 0.4) is 0 Å². The zero-order valence-corrected chi connectivity index (χ0v) is 16.8. The quantitative estimate of drug-likeness (QED) is 0.408. The zero-order chi connectivity index (χ0) is 21.7. The highest BCUT2D eigenvalue weighted by molar-refractivity contribution is 6.50. The van der Waals surface area contributed by atoms with Gasteiger partial charge < -0.3 is 19.4 Å². The summed E-state index contributed by atoms with van der Waals surface area (Å²) in [7, 11) is 2.99. The number of unbranched alkanes of at least 4 members (excludes halogenated alkanes) is 1. The molecular formula is C22H22N2O6. The maximum Gasteiger partial charge on any atom is 0.354 e. The molecule has 1 aromatic heterocycles. The highest BCUT2D eigenvalue weighted by Gasteiger charge is 2.26. The lowest BCUT2D eigenvalue weighted by Crippen LogP contribution is -2.19. The fraction of sp³-hybridized carbons (Fsp3) is 0.273. The van der Waals surface area contributed by atoms with Gasteiger partial charge in [-0.2, -0.15) is 0 Å². The van der Waals surface area contributed by atoms with Crippen LogP contribution in [-0.2, 0) is 26.1 Å². The summed E-state index contributed by atoms with van der Waals surface area (Å²) < 4.78 is 11.9. The van der Waals surface area contributed by atoms with Crippen molar-refractivity contribution in [2.45, 2.75) is 19.3 Å². The van der Waals surface area contributed by atoms with Gasteiger partial charge in [-0.15, -0.1) is 0 Å². The summed E-state index contributed by atoms with van der Waals surface area (Å²) >= 11 is 0. The summed E-state index contributed by atoms with van der Waals surface area (Å²) in [6.45, 7) is 0.312. The Bertz CT molecular complexity index is 1030. The van der Waals surface area contributed by atoms with Crippen LogP contribution in [0.15, 0.2) is 42.6 Å². The number of Topliss-reactive ketones (excluding diaryl/α,β-unsaturated/α-hetero) is 1. The summed E-state index contributed by atoms with van der Waals surface area (Å²) in [6.07, 6.45) is 4.30. The Morgan fingerprint density at radius 1 is 1.10 bits per heavy atom. The number of rotatable bonds is 8. The van der Waals surface area contributed by atoms with Crippen molar-refractivity contribution >= 4 is 34.9 Å². The molecule has 0 saturated carbocycles. The van der Waals surface area contributed by atoms with E-state index >= 15 is 0 Å². The van der Waals surface area contributed by atoms with Crippen molar-refractivity contribution in [3.8, 4) is 0 Å². The molecule has 0 spiro atoms. The number of ketones is 2. The van der Waals surface area contributed by atoms with Gasteiger partial charge in [-0.3, -0.25) is 14.4 Å². The number of carbonyl (C=O) groups excluding carboxylic acids is 4. The summed E-state index contributed by atoms with van der Waals surface area (Å²) in [6, 6.07) is 8.37. The maximum absolute atomic E-state index is 12.1. The number of allylic oxidation sites excluding steroid dienone is 1. The molecule has 3 rings (SSSR count). The predicted molar refractivity (Wildman–Crippen MR) is 109 cm³/mol. The number of esters is 1. The van der Waals surface area contributed by atoms with Crippen molar-refractivity contribution in [2.75, 3.05) is 19.0 Å². The molecule has 8 heteroatoms. The fourth-order valence-corrected chi connectivity index (χ4v) is 3.14. The van der Waals surface area contributed by atoms with E-state index in [-0.39, 0.29) is 12.3 Å². The van der Waals surface area contributed by atoms with Crippen LogP contribution < -0.4 is 5.32 Å². The fourth-order valence-electron chi connectivity index (χ4n) is 3.14. The number of amides is 1. The average molecular weight is 410 g/mol. The Labute approximate surface area is 173 Å². The number of hydrogen-bond acceptors (Lipinski definition) is 6. The van der Waals surface area contributed by atoms with Gasteiger partial charge in [0.1, 0.15) is 11.5 Å². The molecular weight excluding hydrogens is 388 g/mol. The SMILES string of the molecule is COC(=O)c1cc(NC(=O)CCCCOC2=CC(=O)C(=O)c3ccccc32)cn1C. The Morgan fingerprint density at radius 3 is 2.57 bits per heavy atom. The van der Waals surface area contributed by atoms with Crippen LogP contribution in [0, 0.1) is 0 Å². The molecule has 0 atom stereocenters. The number of aromatic nitrogens is 1. The van der Waals surface area contributed by atoms with Crippen LogP contribution in [0.1, 0.15) is 45.7 Å². The summed E-state index contributed by atoms with van der Waals surface area (Å²) in [5.41, 5.74) is 1.81. The lowest BCUT2D eigenvalue weighted by Gasteiger charge is -2.16. The first kappa shape index (κ1) is 21.0. The van der Waals surface area contributed by atoms with Gasteiger partial charge in [-0.05, 0) is 18.9 Å². The van der Waals surface area contributed by atoms with Crippen LogP contribution in [0.25, 0.3) is 5.76 Å². The smallest absolute Gasteiger partial charge is 0.354 e. The van der Waals surface area contributed by atoms with E-state index in [0.29, 0.717) is 47.7 Å². The minimum atomic E-state index is -0.600. The molecule has 1 heterocycles. The number of methoxy groups -OCH3 is 1. The molecule has 2 aromatic rings. The second-order valence-corrected chi connectivity index (χ2v) is 6.82. The minimum absolute atomic E-state index is 0.181. The van der Waals surface area contributed by atoms with Gasteiger partial charge in [0.2, 0.25) is 17.5 Å². The van der Waals surface area contributed by atoms with Crippen molar-refractivity contribution in [1.82, 2.24) is 4.57 Å². The van der Waals surface area contributed by atoms with E-state index in [4.69, 9.17) is 4.74 Å². The number of ether oxygens (including phenoxy) is 2. The van der Waals surface area contributed by atoms with Crippen LogP contribution in [0.5, 0.6) is 0 Å². The molecule has 1 N–H and O–H groups in total. The van der Waals surface area contributed by atoms with Crippen LogP contribution in [0.4, 0.5) is 5.69 Å². The Kier molecular flexibility index (Phi) is 6.46. The van der Waals surface area contributed by atoms with Gasteiger partial charge in [-0.1, -0.05) is 24.3 Å². The van der Waals surface area contributed by atoms with Gasteiger partial charge in [0.15, 0.2) is 0 Å². The van der Waals surface area contributed by atoms with Gasteiger partial charge in [0.05, 0.1) is 19.4 Å². The van der Waals surface area contributed by atoms with Crippen LogP contribution in [-0.4, -0.2) is 41.7 Å². The molecule has 1 aliphatic carbocycles. The molecule has 0 saturated heterocycles. The molecule has 30 heavy (non-hydrogen) atoms. The molecule has 0 fully saturated rings. The summed E-state index contributed by atoms with van der Waals surface area (Å²) in [5, 5.41) is 2.74. The molecule has 0 radical (unpaired) electrons. The largest absolute Gasteiger partial charge is 0.493 e. The van der Waals surface area contributed by atoms with E-state index in [2.05, 4.69) is 10.1 Å². The predicted octanol–water partition coefficient (Wildman–Crippen LogP) is 2.74. The van der Waals surface area contributed by atoms with Crippen LogP contribution >= 0.6 is 0 Å². The highest BCUT2D eigenvalue weighted by Crippen LogP contribution is 2.26. The molecule has 0 bridgehead atoms. The summed E-state index contributed by atoms with van der Waals surface area (Å²) in [5.74, 6) is -1.42. The second-order valence-electron chi connectivity index (χ2n) is 6.82. The molecule has 1 aliphatic rings. The van der Waals surface area contributed by atoms with E-state index in [1.165, 1.54) is 13.2 Å². The number of aryl methyl sites for hydroxylation is 1. The monoisotopic (exact) mass is 410 g/mol. The lowest BCUT2D eigenvalue weighted by atomic mass is 9.94. The molecule has 156 valence electrons. The molecule has 0 unspecified atom stereocenters. The Balaban J connectivity index is 1.45. The number of anilines is 1. The van der Waals surface area contributed by atoms with Crippen LogP contribution in [0.2, 0.25) is 0 Å². The van der Waals surface area contributed by atoms with Gasteiger partial charge in [-0.25, -0.2) is 4.79 Å². The van der Waals surface area contributed by atoms with Crippen molar-refractivity contribution in [3.63, 3.8) is 0 Å². The number of benzene rings is 1. The first-order valence-corrected chi connectivity index (χ1v) is 9.47. The number of nitrogens with one attached hydrogen (secondary N) is 1. The van der Waals surface area contributed by atoms with E-state index in [0.717, 1.165) is 0 Å². The molecule has 1 amide bonds. The third kappa shape index (κ3) is 4.65. The Morgan fingerprint density at radius 2 is 1.83 bits per heavy atom. The topological polar surface area (TPSA) is 104 Å². The van der Waals surface area contributed by atoms with Gasteiger partial charge >= 0.3 is 5.97 Å². The number of carbonyl (C=O) groups is 4. The number of nitrogens with zero attached hydrogens (tertiary/aromatic N) is 1. The van der Waals surface area contributed by atoms with Crippen molar-refractivity contribution in [2.24, 2.45) is 7.05 Å². The number of fused-ring (bicyclic) bond motifs is 1. The highest BCUT2D eigenvalue weighted by atomic mass is 16.5. The molecule has 0 aliphatic heterocycles. The first-order chi connectivity index (χ1) is 14.4. The standard InChI is InChI=1S/C22H22N2O6/c1-24-13-14(11-17(24)22(28)29-2)23-20(26)9-5-6-10-30-19-12-18(25)21(27)16-8-4-3-7-15(16)19/h3-4,7-8,11-13H,5-6,9-10H2,1-2H3,(H,23,26). The second kappa shape index (κ2) is 9.21. The lowest BCUT2D eigenvalue weighted by molar-refractivity contribution is -0.116. The zero-order valence-electron chi connectivity index (χ0n) is 16.8. The van der Waals surface area contributed by atoms with Gasteiger partial charge in [0.25, 0.3) is 0 Å².